The lowest BCUT2D eigenvalue weighted by Crippen LogP contribution is -2.47. The molecule has 0 spiro atoms. The number of nitrogens with one attached hydrogen (secondary N) is 1. The number of nitrogens with two attached hydrogens (primary N) is 1. The van der Waals surface area contributed by atoms with Gasteiger partial charge in [0.05, 0.1) is 6.10 Å². The molecule has 0 bridgehead atoms. The van der Waals surface area contributed by atoms with Gasteiger partial charge >= 0.3 is 0 Å². The average Bonchev–Trinajstić information content (AvgIpc) is 1.58. The molecule has 1 rings (SSSR count). The van der Waals surface area contributed by atoms with E-state index in [0.717, 1.165) is 12.8 Å². The van der Waals surface area contributed by atoms with E-state index in [2.05, 4.69) is 5.43 Å². The Bertz CT molecular complexity index is 67.6. The van der Waals surface area contributed by atoms with Gasteiger partial charge in [-0.05, 0) is 12.8 Å². The predicted molar refractivity (Wildman–Crippen MR) is 40.8 cm³/mol. The molecule has 1 aliphatic rings. The van der Waals surface area contributed by atoms with Crippen LogP contribution in [-0.2, 0) is 0 Å². The first-order valence-corrected chi connectivity index (χ1v) is 2.47. The molecule has 1 aliphatic carbocycles. The second-order valence-corrected chi connectivity index (χ2v) is 1.99. The first-order chi connectivity index (χ1) is 3.33. The lowest BCUT2D eigenvalue weighted by Gasteiger charge is -2.30. The molecule has 0 heterocycles. The summed E-state index contributed by atoms with van der Waals surface area (Å²) in [6.45, 7) is 0. The van der Waals surface area contributed by atoms with Crippen LogP contribution in [0.15, 0.2) is 0 Å². The zero-order valence-corrected chi connectivity index (χ0v) is 6.54. The number of rotatable bonds is 1. The van der Waals surface area contributed by atoms with Gasteiger partial charge in [0.15, 0.2) is 0 Å². The summed E-state index contributed by atoms with van der Waals surface area (Å²) in [4.78, 5) is 0. The molecule has 0 aromatic carbocycles. The van der Waals surface area contributed by atoms with Gasteiger partial charge in [-0.25, -0.2) is 0 Å². The molecule has 0 atom stereocenters. The third-order valence-electron chi connectivity index (χ3n) is 1.35. The van der Waals surface area contributed by atoms with Gasteiger partial charge < -0.3 is 5.11 Å². The van der Waals surface area contributed by atoms with Crippen molar-refractivity contribution in [2.45, 2.75) is 25.0 Å². The van der Waals surface area contributed by atoms with Crippen molar-refractivity contribution in [1.29, 1.82) is 0 Å². The number of aliphatic hydroxyl groups excluding tert-OH is 1. The molecular formula is C4H12Cl2N2O. The smallest absolute Gasteiger partial charge is 0.0571 e. The number of hydrogen-bond acceptors (Lipinski definition) is 3. The molecule has 58 valence electrons. The van der Waals surface area contributed by atoms with Gasteiger partial charge in [0.25, 0.3) is 0 Å². The highest BCUT2D eigenvalue weighted by Crippen LogP contribution is 2.17. The summed E-state index contributed by atoms with van der Waals surface area (Å²) in [6.07, 6.45) is 1.54. The average molecular weight is 175 g/mol. The Balaban J connectivity index is 0. The normalized spacial score (nSPS) is 31.3. The maximum absolute atomic E-state index is 8.65. The van der Waals surface area contributed by atoms with Gasteiger partial charge in [0, 0.05) is 6.04 Å². The number of hydrazine groups is 1. The predicted octanol–water partition coefficient (Wildman–Crippen LogP) is -0.183. The molecule has 9 heavy (non-hydrogen) atoms. The van der Waals surface area contributed by atoms with Gasteiger partial charge in [0.1, 0.15) is 0 Å². The summed E-state index contributed by atoms with van der Waals surface area (Å²) in [6, 6.07) is 0.370. The highest BCUT2D eigenvalue weighted by Gasteiger charge is 2.25. The van der Waals surface area contributed by atoms with E-state index in [1.807, 2.05) is 0 Å². The van der Waals surface area contributed by atoms with Gasteiger partial charge in [-0.1, -0.05) is 0 Å². The molecule has 0 radical (unpaired) electrons. The van der Waals surface area contributed by atoms with Crippen LogP contribution < -0.4 is 11.3 Å². The van der Waals surface area contributed by atoms with Crippen molar-refractivity contribution in [2.24, 2.45) is 5.84 Å². The van der Waals surface area contributed by atoms with Crippen molar-refractivity contribution in [1.82, 2.24) is 5.43 Å². The maximum Gasteiger partial charge on any atom is 0.0571 e. The van der Waals surface area contributed by atoms with Crippen LogP contribution in [0.2, 0.25) is 0 Å². The van der Waals surface area contributed by atoms with E-state index in [1.54, 1.807) is 0 Å². The second kappa shape index (κ2) is 5.26. The molecule has 4 N–H and O–H groups in total. The minimum Gasteiger partial charge on any atom is -0.393 e. The zero-order valence-electron chi connectivity index (χ0n) is 4.91. The number of halogens is 2. The third kappa shape index (κ3) is 3.23. The topological polar surface area (TPSA) is 58.3 Å². The molecule has 0 saturated heterocycles. The second-order valence-electron chi connectivity index (χ2n) is 1.99. The minimum absolute atomic E-state index is 0. The Morgan fingerprint density at radius 1 is 1.33 bits per heavy atom. The van der Waals surface area contributed by atoms with E-state index in [4.69, 9.17) is 10.9 Å². The quantitative estimate of drug-likeness (QED) is 0.382. The summed E-state index contributed by atoms with van der Waals surface area (Å²) in [7, 11) is 0. The van der Waals surface area contributed by atoms with Crippen LogP contribution in [0.4, 0.5) is 0 Å². The van der Waals surface area contributed by atoms with Crippen molar-refractivity contribution in [3.63, 3.8) is 0 Å². The van der Waals surface area contributed by atoms with E-state index in [9.17, 15) is 0 Å². The van der Waals surface area contributed by atoms with E-state index in [0.29, 0.717) is 6.04 Å². The SMILES string of the molecule is Cl.Cl.NNC1CC(O)C1. The van der Waals surface area contributed by atoms with Gasteiger partial charge in [-0.15, -0.1) is 24.8 Å². The summed E-state index contributed by atoms with van der Waals surface area (Å²) in [5, 5.41) is 8.65. The van der Waals surface area contributed by atoms with Gasteiger partial charge in [-0.2, -0.15) is 0 Å². The molecule has 1 fully saturated rings. The molecule has 0 unspecified atom stereocenters. The van der Waals surface area contributed by atoms with Crippen LogP contribution in [-0.4, -0.2) is 17.3 Å². The van der Waals surface area contributed by atoms with Crippen LogP contribution in [0.5, 0.6) is 0 Å². The highest BCUT2D eigenvalue weighted by molar-refractivity contribution is 5.85. The Morgan fingerprint density at radius 2 is 1.78 bits per heavy atom. The lowest BCUT2D eigenvalue weighted by atomic mass is 9.90. The number of aliphatic hydroxyl groups is 1. The Labute approximate surface area is 66.8 Å². The summed E-state index contributed by atoms with van der Waals surface area (Å²) in [5.41, 5.74) is 2.57. The fraction of sp³-hybridized carbons (Fsp3) is 1.00. The molecule has 3 nitrogen and oxygen atoms in total. The van der Waals surface area contributed by atoms with Crippen molar-refractivity contribution >= 4 is 24.8 Å². The molecule has 0 aromatic heterocycles. The van der Waals surface area contributed by atoms with Crippen LogP contribution in [0.3, 0.4) is 0 Å². The summed E-state index contributed by atoms with van der Waals surface area (Å²) in [5.74, 6) is 5.03. The highest BCUT2D eigenvalue weighted by atomic mass is 35.5. The maximum atomic E-state index is 8.65. The van der Waals surface area contributed by atoms with Crippen LogP contribution in [0.25, 0.3) is 0 Å². The standard InChI is InChI=1S/C4H10N2O.2ClH/c5-6-3-1-4(7)2-3;;/h3-4,6-7H,1-2,5H2;2*1H. The van der Waals surface area contributed by atoms with E-state index in [1.165, 1.54) is 0 Å². The monoisotopic (exact) mass is 174 g/mol. The van der Waals surface area contributed by atoms with E-state index >= 15 is 0 Å². The number of hydrogen-bond donors (Lipinski definition) is 3. The van der Waals surface area contributed by atoms with Crippen molar-refractivity contribution < 1.29 is 5.11 Å². The summed E-state index contributed by atoms with van der Waals surface area (Å²) >= 11 is 0. The molecule has 5 heteroatoms. The fourth-order valence-electron chi connectivity index (χ4n) is 0.724. The molecular weight excluding hydrogens is 163 g/mol. The largest absolute Gasteiger partial charge is 0.393 e. The van der Waals surface area contributed by atoms with E-state index < -0.39 is 0 Å². The zero-order chi connectivity index (χ0) is 5.28. The fourth-order valence-corrected chi connectivity index (χ4v) is 0.724. The van der Waals surface area contributed by atoms with Crippen molar-refractivity contribution in [3.8, 4) is 0 Å². The van der Waals surface area contributed by atoms with Gasteiger partial charge in [0.2, 0.25) is 0 Å². The Morgan fingerprint density at radius 3 is 1.89 bits per heavy atom. The Kier molecular flexibility index (Phi) is 7.11. The van der Waals surface area contributed by atoms with E-state index in [-0.39, 0.29) is 30.9 Å². The molecule has 0 aliphatic heterocycles. The first kappa shape index (κ1) is 12.2. The van der Waals surface area contributed by atoms with Crippen LogP contribution >= 0.6 is 24.8 Å². The van der Waals surface area contributed by atoms with Crippen LogP contribution in [0.1, 0.15) is 12.8 Å². The van der Waals surface area contributed by atoms with Crippen molar-refractivity contribution in [3.05, 3.63) is 0 Å². The Hall–Kier alpha value is 0.460. The third-order valence-corrected chi connectivity index (χ3v) is 1.35. The summed E-state index contributed by atoms with van der Waals surface area (Å²) < 4.78 is 0. The molecule has 0 amide bonds. The van der Waals surface area contributed by atoms with Crippen molar-refractivity contribution in [2.75, 3.05) is 0 Å². The lowest BCUT2D eigenvalue weighted by molar-refractivity contribution is 0.0628. The first-order valence-electron chi connectivity index (χ1n) is 2.47. The molecule has 0 aromatic rings. The minimum atomic E-state index is -0.0963. The van der Waals surface area contributed by atoms with Gasteiger partial charge in [-0.3, -0.25) is 11.3 Å². The van der Waals surface area contributed by atoms with Crippen LogP contribution in [0, 0.1) is 0 Å². The molecule has 1 saturated carbocycles.